The molecule has 0 aromatic heterocycles. The maximum absolute atomic E-state index is 15.7. The second-order valence-corrected chi connectivity index (χ2v) is 13.5. The quantitative estimate of drug-likeness (QED) is 0.162. The Morgan fingerprint density at radius 1 is 0.409 bits per heavy atom. The van der Waals surface area contributed by atoms with Crippen LogP contribution in [0.4, 0.5) is 70.2 Å². The van der Waals surface area contributed by atoms with Crippen molar-refractivity contribution in [1.82, 2.24) is 0 Å². The molecule has 0 aromatic rings. The maximum atomic E-state index is 15.7. The summed E-state index contributed by atoms with van der Waals surface area (Å²) in [6.07, 6.45) is -31.9. The molecule has 0 radical (unpaired) electrons. The molecule has 2 N–H and O–H groups in total. The van der Waals surface area contributed by atoms with Crippen molar-refractivity contribution in [2.45, 2.75) is 94.1 Å². The van der Waals surface area contributed by atoms with Crippen molar-refractivity contribution in [1.29, 1.82) is 0 Å². The van der Waals surface area contributed by atoms with Crippen LogP contribution in [0.1, 0.15) is 41.5 Å². The smallest absolute Gasteiger partial charge is 0.281 e. The normalized spacial score (nSPS) is 19.0. The molecule has 0 spiro atoms. The summed E-state index contributed by atoms with van der Waals surface area (Å²) < 4.78 is 294. The second kappa shape index (κ2) is 10.8. The Balaban J connectivity index is 7.92. The summed E-state index contributed by atoms with van der Waals surface area (Å²) in [4.78, 5) is 0. The van der Waals surface area contributed by atoms with Gasteiger partial charge in [-0.3, -0.25) is 18.6 Å². The van der Waals surface area contributed by atoms with E-state index in [9.17, 15) is 69.5 Å². The van der Waals surface area contributed by atoms with Crippen molar-refractivity contribution in [3.63, 3.8) is 0 Å². The van der Waals surface area contributed by atoms with Crippen LogP contribution in [0.15, 0.2) is 0 Å². The van der Waals surface area contributed by atoms with Gasteiger partial charge in [-0.2, -0.15) is 82.7 Å². The minimum Gasteiger partial charge on any atom is -0.281 e. The van der Waals surface area contributed by atoms with Crippen molar-refractivity contribution in [3.8, 4) is 0 Å². The van der Waals surface area contributed by atoms with E-state index in [0.717, 1.165) is 0 Å². The van der Waals surface area contributed by atoms with E-state index in [2.05, 4.69) is 4.74 Å². The van der Waals surface area contributed by atoms with Crippen molar-refractivity contribution in [3.05, 3.63) is 0 Å². The van der Waals surface area contributed by atoms with Gasteiger partial charge in [-0.1, -0.05) is 41.5 Å². The molecule has 0 rings (SSSR count). The van der Waals surface area contributed by atoms with Crippen LogP contribution in [0, 0.1) is 10.8 Å². The van der Waals surface area contributed by atoms with Crippen LogP contribution < -0.4 is 0 Å². The molecule has 0 bridgehead atoms. The fraction of sp³-hybridized carbons (Fsp3) is 1.00. The zero-order chi connectivity index (χ0) is 36.6. The van der Waals surface area contributed by atoms with E-state index in [1.165, 1.54) is 0 Å². The molecule has 0 saturated carbocycles. The summed E-state index contributed by atoms with van der Waals surface area (Å²) in [5.41, 5.74) is -6.39. The van der Waals surface area contributed by atoms with Crippen LogP contribution in [-0.2, 0) is 34.4 Å². The summed E-state index contributed by atoms with van der Waals surface area (Å²) in [5.74, 6) is -19.7. The molecular formula is C17H20F16O9S2. The summed E-state index contributed by atoms with van der Waals surface area (Å²) in [6.45, 7) is 1.22. The van der Waals surface area contributed by atoms with Crippen LogP contribution >= 0.6 is 0 Å². The lowest BCUT2D eigenvalue weighted by Gasteiger charge is -2.50. The number of alkyl halides is 16. The summed E-state index contributed by atoms with van der Waals surface area (Å²) >= 11 is 0. The molecule has 0 fully saturated rings. The molecule has 2 atom stereocenters. The molecule has 0 aromatic carbocycles. The number of halogens is 16. The van der Waals surface area contributed by atoms with E-state index in [0.29, 0.717) is 0 Å². The van der Waals surface area contributed by atoms with Gasteiger partial charge < -0.3 is 0 Å². The van der Waals surface area contributed by atoms with Crippen molar-refractivity contribution in [2.75, 3.05) is 0 Å². The molecule has 9 nitrogen and oxygen atoms in total. The summed E-state index contributed by atoms with van der Waals surface area (Å²) in [5, 5.41) is -15.1. The fourth-order valence-electron chi connectivity index (χ4n) is 2.52. The highest BCUT2D eigenvalue weighted by atomic mass is 32.2. The van der Waals surface area contributed by atoms with E-state index in [1.54, 1.807) is 9.47 Å². The van der Waals surface area contributed by atoms with Crippen LogP contribution in [0.5, 0.6) is 0 Å². The van der Waals surface area contributed by atoms with Gasteiger partial charge in [0.05, 0.1) is 0 Å². The average Bonchev–Trinajstić information content (AvgIpc) is 2.68. The van der Waals surface area contributed by atoms with Crippen LogP contribution in [-0.4, -0.2) is 78.5 Å². The highest BCUT2D eigenvalue weighted by molar-refractivity contribution is 7.87. The third-order valence-corrected chi connectivity index (χ3v) is 6.95. The predicted octanol–water partition coefficient (Wildman–Crippen LogP) is 6.43. The van der Waals surface area contributed by atoms with Gasteiger partial charge in [0.15, 0.2) is 0 Å². The van der Waals surface area contributed by atoms with Gasteiger partial charge in [0, 0.05) is 10.8 Å². The zero-order valence-corrected chi connectivity index (χ0v) is 23.7. The predicted molar refractivity (Wildman–Crippen MR) is 108 cm³/mol. The molecule has 2 unspecified atom stereocenters. The Hall–Kier alpha value is -1.42. The SMILES string of the molecule is CC(C)(C)C(F)(F)C(F)(OC(F)(F)C(F)(OC(F)(F)C(F)(F)S(=O)(=O)O)C(F)(F)OC(F)(F)C(F)(F)S(=O)(=O)O)C(C)(C)C. The fourth-order valence-corrected chi connectivity index (χ4v) is 3.21. The Morgan fingerprint density at radius 2 is 0.659 bits per heavy atom. The van der Waals surface area contributed by atoms with Crippen molar-refractivity contribution in [2.24, 2.45) is 10.8 Å². The van der Waals surface area contributed by atoms with Gasteiger partial charge in [0.25, 0.3) is 5.85 Å². The van der Waals surface area contributed by atoms with Crippen LogP contribution in [0.25, 0.3) is 0 Å². The number of rotatable bonds is 13. The van der Waals surface area contributed by atoms with Gasteiger partial charge in [-0.05, 0) is 0 Å². The van der Waals surface area contributed by atoms with Gasteiger partial charge in [0.1, 0.15) is 0 Å². The van der Waals surface area contributed by atoms with E-state index in [4.69, 9.17) is 9.11 Å². The lowest BCUT2D eigenvalue weighted by Crippen LogP contribution is -2.71. The van der Waals surface area contributed by atoms with E-state index in [1.807, 2.05) is 0 Å². The average molecular weight is 736 g/mol. The standard InChI is InChI=1S/C17H20F16O9S2/c1-7(2,3)9(18,19)10(20,8(4,5)6)40-12(22,23)11(21,41-14(26,27)16(30,31)43(34,35)36)13(24,25)42-15(28,29)17(32,33)44(37,38)39/h1-6H3,(H,34,35,36)(H,37,38,39). The zero-order valence-electron chi connectivity index (χ0n) is 22.1. The summed E-state index contributed by atoms with van der Waals surface area (Å²) in [7, 11) is -15.6. The third kappa shape index (κ3) is 6.68. The monoisotopic (exact) mass is 736 g/mol. The Labute approximate surface area is 236 Å². The molecule has 0 saturated heterocycles. The van der Waals surface area contributed by atoms with E-state index in [-0.39, 0.29) is 41.5 Å². The molecular weight excluding hydrogens is 716 g/mol. The van der Waals surface area contributed by atoms with E-state index >= 15 is 17.6 Å². The largest absolute Gasteiger partial charge is 0.460 e. The molecule has 0 aliphatic carbocycles. The second-order valence-electron chi connectivity index (χ2n) is 10.6. The van der Waals surface area contributed by atoms with Gasteiger partial charge in [0.2, 0.25) is 0 Å². The molecule has 266 valence electrons. The Kier molecular flexibility index (Phi) is 10.5. The first-order valence-electron chi connectivity index (χ1n) is 10.4. The number of ether oxygens (including phenoxy) is 3. The van der Waals surface area contributed by atoms with Gasteiger partial charge >= 0.3 is 67.0 Å². The Bertz CT molecular complexity index is 1290. The first kappa shape index (κ1) is 42.6. The molecule has 0 aliphatic rings. The maximum Gasteiger partial charge on any atom is 0.460 e. The topological polar surface area (TPSA) is 136 Å². The van der Waals surface area contributed by atoms with Gasteiger partial charge in [-0.15, -0.1) is 0 Å². The minimum absolute atomic E-state index is 0.125. The lowest BCUT2D eigenvalue weighted by molar-refractivity contribution is -0.572. The first-order chi connectivity index (χ1) is 18.4. The highest BCUT2D eigenvalue weighted by Crippen LogP contribution is 2.61. The molecule has 27 heteroatoms. The lowest BCUT2D eigenvalue weighted by atomic mass is 9.73. The van der Waals surface area contributed by atoms with Crippen LogP contribution in [0.2, 0.25) is 0 Å². The van der Waals surface area contributed by atoms with Crippen molar-refractivity contribution >= 4 is 20.2 Å². The molecule has 0 amide bonds. The minimum atomic E-state index is -8.31. The molecule has 0 aliphatic heterocycles. The van der Waals surface area contributed by atoms with Crippen LogP contribution in [0.3, 0.4) is 0 Å². The molecule has 44 heavy (non-hydrogen) atoms. The molecule has 0 heterocycles. The summed E-state index contributed by atoms with van der Waals surface area (Å²) in [6, 6.07) is 0. The van der Waals surface area contributed by atoms with Gasteiger partial charge in [-0.25, -0.2) is 9.13 Å². The first-order valence-corrected chi connectivity index (χ1v) is 13.3. The number of hydrogen-bond acceptors (Lipinski definition) is 7. The third-order valence-electron chi connectivity index (χ3n) is 5.18. The Morgan fingerprint density at radius 3 is 0.909 bits per heavy atom. The van der Waals surface area contributed by atoms with E-state index < -0.39 is 83.6 Å². The highest BCUT2D eigenvalue weighted by Gasteiger charge is 2.86. The number of hydrogen-bond donors (Lipinski definition) is 2. The van der Waals surface area contributed by atoms with Crippen molar-refractivity contribution < 1.29 is 110 Å².